The summed E-state index contributed by atoms with van der Waals surface area (Å²) < 4.78 is 5.04. The number of thioether (sulfide) groups is 1. The number of carboxylic acid groups (broad SMARTS) is 1. The lowest BCUT2D eigenvalue weighted by atomic mass is 10.3. The number of carboxylic acids is 1. The van der Waals surface area contributed by atoms with Crippen LogP contribution in [0.15, 0.2) is 23.1 Å². The van der Waals surface area contributed by atoms with E-state index in [1.165, 1.54) is 23.1 Å². The first-order valence-corrected chi connectivity index (χ1v) is 7.93. The highest BCUT2D eigenvalue weighted by Crippen LogP contribution is 2.31. The molecule has 10 heteroatoms. The number of halogens is 1. The molecular formula is C13H13ClN2O6S. The van der Waals surface area contributed by atoms with Gasteiger partial charge in [0.1, 0.15) is 0 Å². The van der Waals surface area contributed by atoms with Crippen LogP contribution < -0.4 is 0 Å². The Bertz CT molecular complexity index is 641. The van der Waals surface area contributed by atoms with Gasteiger partial charge in [-0.1, -0.05) is 11.6 Å². The van der Waals surface area contributed by atoms with E-state index in [-0.39, 0.29) is 35.5 Å². The smallest absolute Gasteiger partial charge is 0.334 e. The van der Waals surface area contributed by atoms with Gasteiger partial charge in [0.25, 0.3) is 5.69 Å². The van der Waals surface area contributed by atoms with Crippen molar-refractivity contribution in [1.82, 2.24) is 4.90 Å². The van der Waals surface area contributed by atoms with Crippen LogP contribution in [0, 0.1) is 10.1 Å². The Balaban J connectivity index is 1.99. The third-order valence-corrected chi connectivity index (χ3v) is 4.45. The van der Waals surface area contributed by atoms with E-state index in [1.807, 2.05) is 0 Å². The fourth-order valence-corrected chi connectivity index (χ4v) is 3.08. The van der Waals surface area contributed by atoms with Crippen molar-refractivity contribution in [2.45, 2.75) is 11.0 Å². The number of nitrogens with zero attached hydrogens (tertiary/aromatic N) is 2. The minimum absolute atomic E-state index is 0.0303. The Morgan fingerprint density at radius 1 is 1.52 bits per heavy atom. The highest BCUT2D eigenvalue weighted by molar-refractivity contribution is 8.00. The van der Waals surface area contributed by atoms with Gasteiger partial charge in [0, 0.05) is 17.6 Å². The van der Waals surface area contributed by atoms with E-state index in [0.29, 0.717) is 11.4 Å². The molecular weight excluding hydrogens is 348 g/mol. The van der Waals surface area contributed by atoms with Crippen LogP contribution in [0.1, 0.15) is 0 Å². The van der Waals surface area contributed by atoms with Crippen molar-refractivity contribution in [1.29, 1.82) is 0 Å². The van der Waals surface area contributed by atoms with E-state index in [1.54, 1.807) is 0 Å². The zero-order valence-electron chi connectivity index (χ0n) is 11.8. The van der Waals surface area contributed by atoms with Crippen LogP contribution in [-0.4, -0.2) is 58.4 Å². The third-order valence-electron chi connectivity index (χ3n) is 3.16. The quantitative estimate of drug-likeness (QED) is 0.483. The van der Waals surface area contributed by atoms with E-state index in [9.17, 15) is 19.7 Å². The number of nitro benzene ring substituents is 1. The largest absolute Gasteiger partial charge is 0.479 e. The Hall–Kier alpha value is -1.84. The number of hydrogen-bond acceptors (Lipinski definition) is 6. The molecule has 23 heavy (non-hydrogen) atoms. The van der Waals surface area contributed by atoms with Crippen LogP contribution >= 0.6 is 23.4 Å². The van der Waals surface area contributed by atoms with Crippen molar-refractivity contribution in [2.75, 3.05) is 25.4 Å². The SMILES string of the molecule is O=C(O)C1CN(C(=O)CSc2ccc(Cl)cc2[N+](=O)[O-])CCO1. The lowest BCUT2D eigenvalue weighted by Crippen LogP contribution is -2.49. The molecule has 0 aromatic heterocycles. The number of nitro groups is 1. The summed E-state index contributed by atoms with van der Waals surface area (Å²) in [5.74, 6) is -1.45. The number of aliphatic carboxylic acids is 1. The first-order valence-electron chi connectivity index (χ1n) is 6.57. The molecule has 8 nitrogen and oxygen atoms in total. The average Bonchev–Trinajstić information content (AvgIpc) is 2.53. The number of ether oxygens (including phenoxy) is 1. The van der Waals surface area contributed by atoms with Crippen molar-refractivity contribution in [3.63, 3.8) is 0 Å². The van der Waals surface area contributed by atoms with Crippen molar-refractivity contribution >= 4 is 40.9 Å². The van der Waals surface area contributed by atoms with Crippen LogP contribution in [0.4, 0.5) is 5.69 Å². The first kappa shape index (κ1) is 17.5. The molecule has 1 aromatic carbocycles. The Morgan fingerprint density at radius 3 is 2.91 bits per heavy atom. The summed E-state index contributed by atoms with van der Waals surface area (Å²) in [6.07, 6.45) is -1.04. The molecule has 1 heterocycles. The Morgan fingerprint density at radius 2 is 2.26 bits per heavy atom. The minimum atomic E-state index is -1.12. The predicted octanol–water partition coefficient (Wildman–Crippen LogP) is 1.65. The van der Waals surface area contributed by atoms with Gasteiger partial charge in [0.05, 0.1) is 28.7 Å². The molecule has 1 aliphatic heterocycles. The van der Waals surface area contributed by atoms with Crippen LogP contribution in [0.3, 0.4) is 0 Å². The lowest BCUT2D eigenvalue weighted by Gasteiger charge is -2.30. The minimum Gasteiger partial charge on any atom is -0.479 e. The summed E-state index contributed by atoms with van der Waals surface area (Å²) in [7, 11) is 0. The van der Waals surface area contributed by atoms with Gasteiger partial charge in [-0.2, -0.15) is 0 Å². The number of amides is 1. The zero-order chi connectivity index (χ0) is 17.0. The van der Waals surface area contributed by atoms with Gasteiger partial charge in [0.15, 0.2) is 6.10 Å². The summed E-state index contributed by atoms with van der Waals surface area (Å²) >= 11 is 6.75. The molecule has 0 bridgehead atoms. The van der Waals surface area contributed by atoms with Gasteiger partial charge >= 0.3 is 5.97 Å². The van der Waals surface area contributed by atoms with Gasteiger partial charge in [-0.25, -0.2) is 4.79 Å². The predicted molar refractivity (Wildman–Crippen MR) is 82.8 cm³/mol. The van der Waals surface area contributed by atoms with Gasteiger partial charge in [-0.05, 0) is 12.1 Å². The van der Waals surface area contributed by atoms with Crippen LogP contribution in [-0.2, 0) is 14.3 Å². The number of carbonyl (C=O) groups is 2. The van der Waals surface area contributed by atoms with Crippen LogP contribution in [0.25, 0.3) is 0 Å². The number of carbonyl (C=O) groups excluding carboxylic acids is 1. The van der Waals surface area contributed by atoms with E-state index in [0.717, 1.165) is 11.8 Å². The molecule has 1 aromatic rings. The molecule has 2 rings (SSSR count). The molecule has 1 atom stereocenters. The second kappa shape index (κ2) is 7.62. The summed E-state index contributed by atoms with van der Waals surface area (Å²) in [6.45, 7) is 0.414. The summed E-state index contributed by atoms with van der Waals surface area (Å²) in [5, 5.41) is 20.1. The summed E-state index contributed by atoms with van der Waals surface area (Å²) in [5.41, 5.74) is -0.166. The molecule has 1 aliphatic rings. The topological polar surface area (TPSA) is 110 Å². The second-order valence-electron chi connectivity index (χ2n) is 4.70. The molecule has 1 saturated heterocycles. The van der Waals surface area contributed by atoms with E-state index >= 15 is 0 Å². The Kier molecular flexibility index (Phi) is 5.80. The van der Waals surface area contributed by atoms with Crippen molar-refractivity contribution in [3.05, 3.63) is 33.3 Å². The maximum atomic E-state index is 12.1. The van der Waals surface area contributed by atoms with Gasteiger partial charge in [-0.15, -0.1) is 11.8 Å². The van der Waals surface area contributed by atoms with Crippen LogP contribution in [0.5, 0.6) is 0 Å². The molecule has 0 radical (unpaired) electrons. The molecule has 0 aliphatic carbocycles. The highest BCUT2D eigenvalue weighted by atomic mass is 35.5. The zero-order valence-corrected chi connectivity index (χ0v) is 13.4. The van der Waals surface area contributed by atoms with Crippen molar-refractivity contribution in [3.8, 4) is 0 Å². The highest BCUT2D eigenvalue weighted by Gasteiger charge is 2.29. The standard InChI is InChI=1S/C13H13ClN2O6S/c14-8-1-2-11(9(5-8)16(20)21)23-7-12(17)15-3-4-22-10(6-15)13(18)19/h1-2,5,10H,3-4,6-7H2,(H,18,19). The molecule has 0 saturated carbocycles. The third kappa shape index (κ3) is 4.57. The number of benzene rings is 1. The van der Waals surface area contributed by atoms with Gasteiger partial charge < -0.3 is 14.7 Å². The van der Waals surface area contributed by atoms with E-state index in [2.05, 4.69) is 0 Å². The second-order valence-corrected chi connectivity index (χ2v) is 6.15. The molecule has 124 valence electrons. The average molecular weight is 361 g/mol. The van der Waals surface area contributed by atoms with E-state index < -0.39 is 17.0 Å². The number of rotatable bonds is 5. The lowest BCUT2D eigenvalue weighted by molar-refractivity contribution is -0.387. The maximum absolute atomic E-state index is 12.1. The fourth-order valence-electron chi connectivity index (χ4n) is 2.01. The van der Waals surface area contributed by atoms with Gasteiger partial charge in [0.2, 0.25) is 5.91 Å². The van der Waals surface area contributed by atoms with E-state index in [4.69, 9.17) is 21.4 Å². The summed E-state index contributed by atoms with van der Waals surface area (Å²) in [4.78, 5) is 35.2. The summed E-state index contributed by atoms with van der Waals surface area (Å²) in [6, 6.07) is 4.22. The molecule has 1 unspecified atom stereocenters. The van der Waals surface area contributed by atoms with Crippen molar-refractivity contribution in [2.24, 2.45) is 0 Å². The number of hydrogen-bond donors (Lipinski definition) is 1. The molecule has 1 amide bonds. The monoisotopic (exact) mass is 360 g/mol. The van der Waals surface area contributed by atoms with Crippen molar-refractivity contribution < 1.29 is 24.4 Å². The maximum Gasteiger partial charge on any atom is 0.334 e. The fraction of sp³-hybridized carbons (Fsp3) is 0.385. The normalized spacial score (nSPS) is 17.8. The Labute approximate surface area is 140 Å². The molecule has 0 spiro atoms. The first-order chi connectivity index (χ1) is 10.9. The van der Waals surface area contributed by atoms with Gasteiger partial charge in [-0.3, -0.25) is 14.9 Å². The van der Waals surface area contributed by atoms with Crippen LogP contribution in [0.2, 0.25) is 5.02 Å². The molecule has 1 N–H and O–H groups in total. The number of morpholine rings is 1. The molecule has 1 fully saturated rings.